The lowest BCUT2D eigenvalue weighted by atomic mass is 9.82. The third-order valence-corrected chi connectivity index (χ3v) is 7.81. The van der Waals surface area contributed by atoms with Crippen LogP contribution in [0.4, 0.5) is 5.95 Å². The van der Waals surface area contributed by atoms with Crippen molar-refractivity contribution in [1.82, 2.24) is 24.8 Å². The van der Waals surface area contributed by atoms with Crippen LogP contribution in [0.2, 0.25) is 0 Å². The Kier molecular flexibility index (Phi) is 6.82. The molecule has 2 atom stereocenters. The van der Waals surface area contributed by atoms with Crippen molar-refractivity contribution in [3.05, 3.63) is 52.5 Å². The Bertz CT molecular complexity index is 1260. The van der Waals surface area contributed by atoms with Crippen LogP contribution in [0.25, 0.3) is 21.5 Å². The number of aromatic nitrogens is 3. The maximum atomic E-state index is 6.64. The first-order valence-electron chi connectivity index (χ1n) is 11.4. The molecule has 0 aliphatic heterocycles. The summed E-state index contributed by atoms with van der Waals surface area (Å²) in [6.45, 7) is 5.17. The van der Waals surface area contributed by atoms with Gasteiger partial charge in [-0.25, -0.2) is 9.97 Å². The zero-order valence-electron chi connectivity index (χ0n) is 21.1. The van der Waals surface area contributed by atoms with E-state index in [-0.39, 0.29) is 6.04 Å². The van der Waals surface area contributed by atoms with Gasteiger partial charge in [-0.15, -0.1) is 11.3 Å². The number of nitrogens with one attached hydrogen (secondary N) is 2. The number of nitrogens with two attached hydrogens (primary N) is 1. The van der Waals surface area contributed by atoms with Crippen LogP contribution in [0.3, 0.4) is 0 Å². The molecular weight excluding hydrogens is 446 g/mol. The van der Waals surface area contributed by atoms with Gasteiger partial charge in [-0.1, -0.05) is 0 Å². The SMILES string of the molecule is CNC1(CCN(C)C)C=C(OC)C(Nc2nccc(-c3c(C)n(C)c4sc(C)cc34)n2)=CC1N. The second kappa shape index (κ2) is 9.50. The second-order valence-electron chi connectivity index (χ2n) is 9.15. The first kappa shape index (κ1) is 24.4. The molecule has 182 valence electrons. The quantitative estimate of drug-likeness (QED) is 0.454. The van der Waals surface area contributed by atoms with Gasteiger partial charge >= 0.3 is 0 Å². The van der Waals surface area contributed by atoms with Gasteiger partial charge in [-0.3, -0.25) is 0 Å². The number of likely N-dealkylation sites (N-methyl/N-ethyl adjacent to an activating group) is 1. The minimum absolute atomic E-state index is 0.244. The average Bonchev–Trinajstić information content (AvgIpc) is 3.29. The van der Waals surface area contributed by atoms with Crippen molar-refractivity contribution in [3.63, 3.8) is 0 Å². The van der Waals surface area contributed by atoms with Crippen molar-refractivity contribution < 1.29 is 4.74 Å². The number of fused-ring (bicyclic) bond motifs is 1. The van der Waals surface area contributed by atoms with Crippen molar-refractivity contribution >= 4 is 27.5 Å². The van der Waals surface area contributed by atoms with Crippen molar-refractivity contribution in [2.75, 3.05) is 40.1 Å². The third kappa shape index (κ3) is 4.36. The number of nitrogens with zero attached hydrogens (tertiary/aromatic N) is 4. The van der Waals surface area contributed by atoms with Crippen molar-refractivity contribution in [2.24, 2.45) is 12.8 Å². The summed E-state index contributed by atoms with van der Waals surface area (Å²) >= 11 is 1.80. The Balaban J connectivity index is 1.66. The largest absolute Gasteiger partial charge is 0.495 e. The Labute approximate surface area is 205 Å². The molecule has 4 N–H and O–H groups in total. The molecule has 0 aromatic carbocycles. The van der Waals surface area contributed by atoms with E-state index in [0.717, 1.165) is 35.7 Å². The zero-order chi connectivity index (χ0) is 24.6. The third-order valence-electron chi connectivity index (χ3n) is 6.69. The summed E-state index contributed by atoms with van der Waals surface area (Å²) in [5.74, 6) is 1.23. The lowest BCUT2D eigenvalue weighted by Gasteiger charge is -2.39. The number of methoxy groups -OCH3 is 1. The first-order chi connectivity index (χ1) is 16.2. The Morgan fingerprint density at radius 3 is 2.76 bits per heavy atom. The number of aryl methyl sites for hydroxylation is 2. The van der Waals surface area contributed by atoms with Gasteiger partial charge in [0.2, 0.25) is 5.95 Å². The van der Waals surface area contributed by atoms with Crippen molar-refractivity contribution in [2.45, 2.75) is 31.8 Å². The van der Waals surface area contributed by atoms with E-state index in [1.807, 2.05) is 19.2 Å². The summed E-state index contributed by atoms with van der Waals surface area (Å²) in [5, 5.41) is 7.99. The van der Waals surface area contributed by atoms with Crippen molar-refractivity contribution in [3.8, 4) is 11.3 Å². The first-order valence-corrected chi connectivity index (χ1v) is 12.2. The van der Waals surface area contributed by atoms with Crippen LogP contribution in [0, 0.1) is 13.8 Å². The molecule has 0 radical (unpaired) electrons. The molecule has 0 saturated heterocycles. The fourth-order valence-corrected chi connectivity index (χ4v) is 5.58. The summed E-state index contributed by atoms with van der Waals surface area (Å²) in [7, 11) is 9.83. The molecule has 2 unspecified atom stereocenters. The van der Waals surface area contributed by atoms with Gasteiger partial charge in [-0.2, -0.15) is 0 Å². The number of anilines is 1. The molecule has 9 heteroatoms. The van der Waals surface area contributed by atoms with E-state index in [4.69, 9.17) is 15.5 Å². The molecule has 8 nitrogen and oxygen atoms in total. The Morgan fingerprint density at radius 1 is 1.32 bits per heavy atom. The summed E-state index contributed by atoms with van der Waals surface area (Å²) in [6.07, 6.45) is 6.71. The smallest absolute Gasteiger partial charge is 0.227 e. The van der Waals surface area contributed by atoms with E-state index in [0.29, 0.717) is 5.95 Å². The van der Waals surface area contributed by atoms with Crippen LogP contribution in [0.5, 0.6) is 0 Å². The number of rotatable bonds is 8. The van der Waals surface area contributed by atoms with Crippen molar-refractivity contribution in [1.29, 1.82) is 0 Å². The predicted octanol–water partition coefficient (Wildman–Crippen LogP) is 3.39. The van der Waals surface area contributed by atoms with E-state index in [1.165, 1.54) is 20.8 Å². The van der Waals surface area contributed by atoms with E-state index in [2.05, 4.69) is 72.2 Å². The molecule has 34 heavy (non-hydrogen) atoms. The minimum atomic E-state index is -0.396. The average molecular weight is 482 g/mol. The highest BCUT2D eigenvalue weighted by molar-refractivity contribution is 7.18. The number of hydrogen-bond donors (Lipinski definition) is 3. The predicted molar refractivity (Wildman–Crippen MR) is 141 cm³/mol. The molecular formula is C25H35N7OS. The summed E-state index contributed by atoms with van der Waals surface area (Å²) in [4.78, 5) is 14.0. The van der Waals surface area contributed by atoms with Crippen LogP contribution in [0.1, 0.15) is 17.0 Å². The van der Waals surface area contributed by atoms with Gasteiger partial charge in [0.05, 0.1) is 24.0 Å². The van der Waals surface area contributed by atoms with Crippen LogP contribution in [-0.4, -0.2) is 65.8 Å². The molecule has 3 aromatic heterocycles. The Morgan fingerprint density at radius 2 is 2.09 bits per heavy atom. The highest BCUT2D eigenvalue weighted by Gasteiger charge is 2.37. The number of hydrogen-bond acceptors (Lipinski definition) is 8. The normalized spacial score (nSPS) is 20.6. The number of ether oxygens (including phenoxy) is 1. The van der Waals surface area contributed by atoms with Gasteiger partial charge in [0.1, 0.15) is 10.6 Å². The van der Waals surface area contributed by atoms with Crippen LogP contribution in [0.15, 0.2) is 41.9 Å². The van der Waals surface area contributed by atoms with Gasteiger partial charge in [-0.05, 0) is 72.2 Å². The van der Waals surface area contributed by atoms with Gasteiger partial charge in [0, 0.05) is 40.8 Å². The molecule has 4 rings (SSSR count). The molecule has 0 amide bonds. The van der Waals surface area contributed by atoms with Crippen LogP contribution >= 0.6 is 11.3 Å². The van der Waals surface area contributed by atoms with Gasteiger partial charge in [0.15, 0.2) is 0 Å². The maximum absolute atomic E-state index is 6.64. The van der Waals surface area contributed by atoms with Gasteiger partial charge < -0.3 is 30.6 Å². The standard InChI is InChI=1S/C25H35N7OS/c1-15-12-17-22(16(2)32(6)23(17)34-15)18-8-10-28-24(29-18)30-19-13-21(26)25(27-3,9-11-31(4)5)14-20(19)33-7/h8,10,12-14,21,27H,9,11,26H2,1-7H3,(H,28,29,30). The molecule has 1 aliphatic carbocycles. The monoisotopic (exact) mass is 481 g/mol. The molecule has 3 aromatic rings. The zero-order valence-corrected chi connectivity index (χ0v) is 21.9. The molecule has 0 spiro atoms. The summed E-state index contributed by atoms with van der Waals surface area (Å²) in [5.41, 5.74) is 10.2. The second-order valence-corrected chi connectivity index (χ2v) is 10.4. The highest BCUT2D eigenvalue weighted by atomic mass is 32.1. The van der Waals surface area contributed by atoms with E-state index < -0.39 is 5.54 Å². The molecule has 0 fully saturated rings. The lowest BCUT2D eigenvalue weighted by molar-refractivity contribution is 0.260. The van der Waals surface area contributed by atoms with Gasteiger partial charge in [0.25, 0.3) is 0 Å². The number of thiophene rings is 1. The summed E-state index contributed by atoms with van der Waals surface area (Å²) < 4.78 is 7.98. The maximum Gasteiger partial charge on any atom is 0.227 e. The summed E-state index contributed by atoms with van der Waals surface area (Å²) in [6, 6.07) is 3.95. The minimum Gasteiger partial charge on any atom is -0.495 e. The van der Waals surface area contributed by atoms with Crippen LogP contribution < -0.4 is 16.4 Å². The van der Waals surface area contributed by atoms with E-state index >= 15 is 0 Å². The Hall–Kier alpha value is -2.72. The fourth-order valence-electron chi connectivity index (χ4n) is 4.55. The van der Waals surface area contributed by atoms with E-state index in [9.17, 15) is 0 Å². The molecule has 0 saturated carbocycles. The fraction of sp³-hybridized carbons (Fsp3) is 0.440. The van der Waals surface area contributed by atoms with Crippen LogP contribution in [-0.2, 0) is 11.8 Å². The van der Waals surface area contributed by atoms with E-state index in [1.54, 1.807) is 24.6 Å². The highest BCUT2D eigenvalue weighted by Crippen LogP contribution is 2.38. The molecule has 1 aliphatic rings. The molecule has 3 heterocycles. The lowest BCUT2D eigenvalue weighted by Crippen LogP contribution is -2.57. The molecule has 0 bridgehead atoms. The topological polar surface area (TPSA) is 93.3 Å².